The number of benzene rings is 1. The number of piperazine rings is 1. The third-order valence-electron chi connectivity index (χ3n) is 4.30. The van der Waals surface area contributed by atoms with Gasteiger partial charge in [0.05, 0.1) is 16.8 Å². The number of carbonyl (C=O) groups excluding carboxylic acids is 1. The first-order valence-corrected chi connectivity index (χ1v) is 8.78. The number of para-hydroxylation sites is 1. The van der Waals surface area contributed by atoms with Crippen molar-refractivity contribution in [2.75, 3.05) is 26.2 Å². The van der Waals surface area contributed by atoms with Crippen LogP contribution in [-0.4, -0.2) is 51.9 Å². The third kappa shape index (κ3) is 2.92. The molecule has 0 unspecified atom stereocenters. The van der Waals surface area contributed by atoms with Gasteiger partial charge >= 0.3 is 0 Å². The topological polar surface area (TPSA) is 62.5 Å². The van der Waals surface area contributed by atoms with E-state index in [1.165, 1.54) is 11.1 Å². The van der Waals surface area contributed by atoms with Gasteiger partial charge in [-0.1, -0.05) is 12.1 Å². The largest absolute Gasteiger partial charge is 0.448 e. The van der Waals surface area contributed by atoms with Crippen molar-refractivity contribution in [1.82, 2.24) is 19.8 Å². The first-order chi connectivity index (χ1) is 11.7. The molecule has 7 heteroatoms. The molecule has 0 spiro atoms. The second-order valence-corrected chi connectivity index (χ2v) is 7.02. The van der Waals surface area contributed by atoms with Crippen LogP contribution >= 0.6 is 11.3 Å². The molecule has 2 aromatic heterocycles. The predicted octanol–water partition coefficient (Wildman–Crippen LogP) is 2.55. The number of hydrogen-bond acceptors (Lipinski definition) is 6. The molecular formula is C17H18N4O2S. The van der Waals surface area contributed by atoms with Gasteiger partial charge in [-0.3, -0.25) is 9.69 Å². The van der Waals surface area contributed by atoms with Crippen molar-refractivity contribution in [2.45, 2.75) is 13.5 Å². The van der Waals surface area contributed by atoms with Gasteiger partial charge in [0.2, 0.25) is 0 Å². The molecule has 3 aromatic rings. The smallest absolute Gasteiger partial charge is 0.276 e. The van der Waals surface area contributed by atoms with Crippen LogP contribution in [0.1, 0.15) is 21.3 Å². The minimum atomic E-state index is -0.0408. The predicted molar refractivity (Wildman–Crippen MR) is 92.0 cm³/mol. The number of fused-ring (bicyclic) bond motifs is 1. The van der Waals surface area contributed by atoms with Crippen LogP contribution in [0.15, 0.2) is 35.1 Å². The van der Waals surface area contributed by atoms with Crippen molar-refractivity contribution in [3.63, 3.8) is 0 Å². The minimum absolute atomic E-state index is 0.0408. The lowest BCUT2D eigenvalue weighted by Crippen LogP contribution is -2.48. The summed E-state index contributed by atoms with van der Waals surface area (Å²) in [5, 5.41) is 1.13. The van der Waals surface area contributed by atoms with E-state index in [9.17, 15) is 4.79 Å². The molecule has 1 fully saturated rings. The molecule has 4 rings (SSSR count). The highest BCUT2D eigenvalue weighted by atomic mass is 32.1. The zero-order chi connectivity index (χ0) is 16.5. The highest BCUT2D eigenvalue weighted by Gasteiger charge is 2.25. The summed E-state index contributed by atoms with van der Waals surface area (Å²) in [5.74, 6) is 0.540. The molecule has 0 atom stereocenters. The van der Waals surface area contributed by atoms with Crippen LogP contribution in [-0.2, 0) is 6.54 Å². The van der Waals surface area contributed by atoms with Crippen LogP contribution in [0.2, 0.25) is 0 Å². The fourth-order valence-electron chi connectivity index (χ4n) is 2.95. The molecule has 124 valence electrons. The number of aromatic nitrogens is 2. The van der Waals surface area contributed by atoms with Gasteiger partial charge < -0.3 is 9.32 Å². The Morgan fingerprint density at radius 2 is 2.04 bits per heavy atom. The summed E-state index contributed by atoms with van der Waals surface area (Å²) in [5.41, 5.74) is 1.49. The SMILES string of the molecule is Cc1ocnc1C(=O)N1CCN(Cc2nc3ccccc3s2)CC1. The number of aryl methyl sites for hydroxylation is 1. The number of oxazole rings is 1. The van der Waals surface area contributed by atoms with Crippen molar-refractivity contribution < 1.29 is 9.21 Å². The van der Waals surface area contributed by atoms with Gasteiger partial charge in [0.25, 0.3) is 5.91 Å². The molecule has 0 bridgehead atoms. The van der Waals surface area contributed by atoms with Gasteiger partial charge in [-0.2, -0.15) is 0 Å². The highest BCUT2D eigenvalue weighted by molar-refractivity contribution is 7.18. The van der Waals surface area contributed by atoms with Gasteiger partial charge in [0.15, 0.2) is 12.1 Å². The Morgan fingerprint density at radius 3 is 2.75 bits per heavy atom. The minimum Gasteiger partial charge on any atom is -0.448 e. The molecule has 3 heterocycles. The number of rotatable bonds is 3. The molecular weight excluding hydrogens is 324 g/mol. The van der Waals surface area contributed by atoms with Crippen LogP contribution in [0.3, 0.4) is 0 Å². The van der Waals surface area contributed by atoms with Gasteiger partial charge in [0.1, 0.15) is 10.8 Å². The molecule has 1 aromatic carbocycles. The first-order valence-electron chi connectivity index (χ1n) is 7.97. The van der Waals surface area contributed by atoms with E-state index in [1.54, 1.807) is 18.3 Å². The average Bonchev–Trinajstić information content (AvgIpc) is 3.20. The van der Waals surface area contributed by atoms with E-state index in [-0.39, 0.29) is 5.91 Å². The number of thiazole rings is 1. The van der Waals surface area contributed by atoms with E-state index in [1.807, 2.05) is 23.1 Å². The van der Waals surface area contributed by atoms with E-state index in [0.29, 0.717) is 24.5 Å². The second-order valence-electron chi connectivity index (χ2n) is 5.90. The Balaban J connectivity index is 1.37. The first kappa shape index (κ1) is 15.3. The Labute approximate surface area is 143 Å². The van der Waals surface area contributed by atoms with Crippen LogP contribution in [0.4, 0.5) is 0 Å². The fraction of sp³-hybridized carbons (Fsp3) is 0.353. The molecule has 0 aliphatic carbocycles. The lowest BCUT2D eigenvalue weighted by molar-refractivity contribution is 0.0621. The molecule has 1 saturated heterocycles. The molecule has 1 amide bonds. The maximum absolute atomic E-state index is 12.4. The Hall–Kier alpha value is -2.25. The van der Waals surface area contributed by atoms with E-state index in [4.69, 9.17) is 4.42 Å². The zero-order valence-electron chi connectivity index (χ0n) is 13.4. The van der Waals surface area contributed by atoms with Crippen molar-refractivity contribution in [3.05, 3.63) is 47.1 Å². The second kappa shape index (κ2) is 6.33. The molecule has 6 nitrogen and oxygen atoms in total. The van der Waals surface area contributed by atoms with Gasteiger partial charge in [-0.25, -0.2) is 9.97 Å². The summed E-state index contributed by atoms with van der Waals surface area (Å²) in [6, 6.07) is 8.21. The summed E-state index contributed by atoms with van der Waals surface area (Å²) < 4.78 is 6.35. The van der Waals surface area contributed by atoms with E-state index in [2.05, 4.69) is 20.9 Å². The van der Waals surface area contributed by atoms with Crippen LogP contribution in [0.25, 0.3) is 10.2 Å². The average molecular weight is 342 g/mol. The maximum Gasteiger partial charge on any atom is 0.276 e. The quantitative estimate of drug-likeness (QED) is 0.732. The summed E-state index contributed by atoms with van der Waals surface area (Å²) >= 11 is 1.74. The Bertz CT molecular complexity index is 831. The van der Waals surface area contributed by atoms with Crippen molar-refractivity contribution in [1.29, 1.82) is 0 Å². The molecule has 0 N–H and O–H groups in total. The highest BCUT2D eigenvalue weighted by Crippen LogP contribution is 2.23. The molecule has 0 radical (unpaired) electrons. The van der Waals surface area contributed by atoms with Crippen molar-refractivity contribution >= 4 is 27.5 Å². The molecule has 24 heavy (non-hydrogen) atoms. The van der Waals surface area contributed by atoms with Crippen LogP contribution in [0.5, 0.6) is 0 Å². The number of hydrogen-bond donors (Lipinski definition) is 0. The summed E-state index contributed by atoms with van der Waals surface area (Å²) in [4.78, 5) is 25.3. The van der Waals surface area contributed by atoms with E-state index in [0.717, 1.165) is 30.2 Å². The Kier molecular flexibility index (Phi) is 4.03. The number of nitrogens with zero attached hydrogens (tertiary/aromatic N) is 4. The number of carbonyl (C=O) groups is 1. The molecule has 1 aliphatic heterocycles. The van der Waals surface area contributed by atoms with Gasteiger partial charge in [0, 0.05) is 26.2 Å². The maximum atomic E-state index is 12.4. The van der Waals surface area contributed by atoms with Crippen LogP contribution in [0, 0.1) is 6.92 Å². The summed E-state index contributed by atoms with van der Waals surface area (Å²) in [6.45, 7) is 5.71. The van der Waals surface area contributed by atoms with Crippen molar-refractivity contribution in [2.24, 2.45) is 0 Å². The van der Waals surface area contributed by atoms with Gasteiger partial charge in [-0.15, -0.1) is 11.3 Å². The fourth-order valence-corrected chi connectivity index (χ4v) is 3.96. The zero-order valence-corrected chi connectivity index (χ0v) is 14.3. The van der Waals surface area contributed by atoms with E-state index >= 15 is 0 Å². The standard InChI is InChI=1S/C17H18N4O2S/c1-12-16(18-11-23-12)17(22)21-8-6-20(7-9-21)10-15-19-13-4-2-3-5-14(13)24-15/h2-5,11H,6-10H2,1H3. The summed E-state index contributed by atoms with van der Waals surface area (Å²) in [7, 11) is 0. The lowest BCUT2D eigenvalue weighted by atomic mass is 10.2. The molecule has 0 saturated carbocycles. The third-order valence-corrected chi connectivity index (χ3v) is 5.33. The number of amides is 1. The monoisotopic (exact) mass is 342 g/mol. The van der Waals surface area contributed by atoms with Crippen molar-refractivity contribution in [3.8, 4) is 0 Å². The van der Waals surface area contributed by atoms with E-state index < -0.39 is 0 Å². The summed E-state index contributed by atoms with van der Waals surface area (Å²) in [6.07, 6.45) is 1.33. The Morgan fingerprint density at radius 1 is 1.25 bits per heavy atom. The van der Waals surface area contributed by atoms with Crippen LogP contribution < -0.4 is 0 Å². The normalized spacial score (nSPS) is 16.0. The van der Waals surface area contributed by atoms with Gasteiger partial charge in [-0.05, 0) is 19.1 Å². The molecule has 1 aliphatic rings. The lowest BCUT2D eigenvalue weighted by Gasteiger charge is -2.33.